The molecular weight excluding hydrogens is 292 g/mol. The highest BCUT2D eigenvalue weighted by Gasteiger charge is 2.26. The van der Waals surface area contributed by atoms with Crippen molar-refractivity contribution in [1.29, 1.82) is 0 Å². The number of aromatic nitrogens is 2. The molecule has 0 saturated carbocycles. The molecule has 120 valence electrons. The Hall–Kier alpha value is -1.11. The number of nitrogens with zero attached hydrogens (tertiary/aromatic N) is 2. The number of aryl methyl sites for hydroxylation is 1. The van der Waals surface area contributed by atoms with Crippen molar-refractivity contribution in [1.82, 2.24) is 20.4 Å². The zero-order valence-electron chi connectivity index (χ0n) is 13.0. The van der Waals surface area contributed by atoms with Crippen LogP contribution in [-0.4, -0.2) is 46.5 Å². The van der Waals surface area contributed by atoms with E-state index >= 15 is 0 Å². The Morgan fingerprint density at radius 1 is 1.52 bits per heavy atom. The predicted molar refractivity (Wildman–Crippen MR) is 83.9 cm³/mol. The van der Waals surface area contributed by atoms with Gasteiger partial charge in [0, 0.05) is 38.0 Å². The van der Waals surface area contributed by atoms with Crippen molar-refractivity contribution in [2.45, 2.75) is 32.3 Å². The molecule has 1 saturated heterocycles. The topological polar surface area (TPSA) is 79.2 Å². The van der Waals surface area contributed by atoms with Gasteiger partial charge in [0.25, 0.3) is 5.91 Å². The Labute approximate surface area is 131 Å². The Morgan fingerprint density at radius 3 is 2.67 bits per heavy atom. The normalized spacial score (nSPS) is 22.0. The molecule has 2 heterocycles. The third-order valence-electron chi connectivity index (χ3n) is 3.71. The fourth-order valence-electron chi connectivity index (χ4n) is 2.29. The first kappa shape index (κ1) is 17.9. The van der Waals surface area contributed by atoms with E-state index in [0.717, 1.165) is 12.2 Å². The van der Waals surface area contributed by atoms with Crippen LogP contribution in [0.25, 0.3) is 0 Å². The molecule has 2 rings (SSSR count). The van der Waals surface area contributed by atoms with Crippen LogP contribution in [0.3, 0.4) is 0 Å². The molecule has 2 unspecified atom stereocenters. The number of carbonyl (C=O) groups is 1. The van der Waals surface area contributed by atoms with Gasteiger partial charge in [0.15, 0.2) is 0 Å². The van der Waals surface area contributed by atoms with E-state index in [1.807, 2.05) is 6.07 Å². The fraction of sp³-hybridized carbons (Fsp3) is 0.714. The van der Waals surface area contributed by atoms with Crippen molar-refractivity contribution in [3.8, 4) is 0 Å². The molecule has 2 atom stereocenters. The minimum atomic E-state index is -0.382. The number of rotatable bonds is 3. The SMILES string of the molecule is Cl.Cn1nc(C(C)(C)C)cc1C(=O)NCC1CNCC1O. The van der Waals surface area contributed by atoms with Crippen LogP contribution in [0.2, 0.25) is 0 Å². The predicted octanol–water partition coefficient (Wildman–Crippen LogP) is 0.450. The minimum absolute atomic E-state index is 0. The summed E-state index contributed by atoms with van der Waals surface area (Å²) < 4.78 is 1.61. The number of aliphatic hydroxyl groups excluding tert-OH is 1. The molecule has 0 bridgehead atoms. The molecule has 1 fully saturated rings. The van der Waals surface area contributed by atoms with Crippen molar-refractivity contribution in [3.63, 3.8) is 0 Å². The van der Waals surface area contributed by atoms with E-state index in [9.17, 15) is 9.90 Å². The van der Waals surface area contributed by atoms with Crippen LogP contribution >= 0.6 is 12.4 Å². The number of carbonyl (C=O) groups excluding carboxylic acids is 1. The van der Waals surface area contributed by atoms with E-state index in [2.05, 4.69) is 36.5 Å². The second-order valence-electron chi connectivity index (χ2n) is 6.48. The quantitative estimate of drug-likeness (QED) is 0.756. The van der Waals surface area contributed by atoms with Gasteiger partial charge >= 0.3 is 0 Å². The second kappa shape index (κ2) is 6.77. The van der Waals surface area contributed by atoms with Crippen LogP contribution in [0.5, 0.6) is 0 Å². The maximum absolute atomic E-state index is 12.2. The molecule has 7 heteroatoms. The molecule has 0 spiro atoms. The highest BCUT2D eigenvalue weighted by Crippen LogP contribution is 2.21. The fourth-order valence-corrected chi connectivity index (χ4v) is 2.29. The lowest BCUT2D eigenvalue weighted by atomic mass is 9.92. The molecule has 1 aliphatic heterocycles. The number of nitrogens with one attached hydrogen (secondary N) is 2. The Balaban J connectivity index is 0.00000220. The molecule has 0 aliphatic carbocycles. The smallest absolute Gasteiger partial charge is 0.269 e. The molecule has 1 aromatic heterocycles. The molecule has 6 nitrogen and oxygen atoms in total. The van der Waals surface area contributed by atoms with Gasteiger partial charge < -0.3 is 15.7 Å². The number of halogens is 1. The highest BCUT2D eigenvalue weighted by molar-refractivity contribution is 5.92. The van der Waals surface area contributed by atoms with E-state index in [0.29, 0.717) is 18.8 Å². The monoisotopic (exact) mass is 316 g/mol. The molecular formula is C14H25ClN4O2. The average molecular weight is 317 g/mol. The van der Waals surface area contributed by atoms with Gasteiger partial charge in [0.05, 0.1) is 11.8 Å². The van der Waals surface area contributed by atoms with E-state index in [4.69, 9.17) is 0 Å². The van der Waals surface area contributed by atoms with Gasteiger partial charge in [-0.15, -0.1) is 12.4 Å². The maximum Gasteiger partial charge on any atom is 0.269 e. The number of β-amino-alcohol motifs (C(OH)–C–C–N with tert-alkyl or cyclic N) is 1. The van der Waals surface area contributed by atoms with Gasteiger partial charge in [-0.2, -0.15) is 5.10 Å². The summed E-state index contributed by atoms with van der Waals surface area (Å²) in [6.07, 6.45) is -0.382. The Bertz CT molecular complexity index is 496. The van der Waals surface area contributed by atoms with E-state index in [1.165, 1.54) is 0 Å². The first-order chi connectivity index (χ1) is 9.29. The first-order valence-corrected chi connectivity index (χ1v) is 7.00. The van der Waals surface area contributed by atoms with Gasteiger partial charge in [-0.1, -0.05) is 20.8 Å². The first-order valence-electron chi connectivity index (χ1n) is 7.00. The van der Waals surface area contributed by atoms with Gasteiger partial charge in [-0.3, -0.25) is 9.48 Å². The highest BCUT2D eigenvalue weighted by atomic mass is 35.5. The standard InChI is InChI=1S/C14H24N4O2.ClH/c1-14(2,3)12-5-10(18(4)17-12)13(20)16-7-9-6-15-8-11(9)19;/h5,9,11,15,19H,6-8H2,1-4H3,(H,16,20);1H. The molecule has 0 aromatic carbocycles. The van der Waals surface area contributed by atoms with Crippen molar-refractivity contribution in [3.05, 3.63) is 17.5 Å². The van der Waals surface area contributed by atoms with Crippen LogP contribution in [0, 0.1) is 5.92 Å². The zero-order chi connectivity index (χ0) is 14.9. The van der Waals surface area contributed by atoms with Gasteiger partial charge in [0.2, 0.25) is 0 Å². The third-order valence-corrected chi connectivity index (χ3v) is 3.71. The number of amides is 1. The summed E-state index contributed by atoms with van der Waals surface area (Å²) in [5.41, 5.74) is 1.37. The molecule has 1 amide bonds. The molecule has 0 radical (unpaired) electrons. The van der Waals surface area contributed by atoms with Gasteiger partial charge in [-0.05, 0) is 6.07 Å². The van der Waals surface area contributed by atoms with E-state index < -0.39 is 0 Å². The van der Waals surface area contributed by atoms with E-state index in [-0.39, 0.29) is 35.8 Å². The van der Waals surface area contributed by atoms with Crippen LogP contribution in [-0.2, 0) is 12.5 Å². The summed E-state index contributed by atoms with van der Waals surface area (Å²) in [6, 6.07) is 1.83. The third kappa shape index (κ3) is 4.18. The van der Waals surface area contributed by atoms with Crippen LogP contribution in [0.1, 0.15) is 37.0 Å². The lowest BCUT2D eigenvalue weighted by Crippen LogP contribution is -2.35. The van der Waals surface area contributed by atoms with Gasteiger partial charge in [0.1, 0.15) is 5.69 Å². The van der Waals surface area contributed by atoms with E-state index in [1.54, 1.807) is 11.7 Å². The minimum Gasteiger partial charge on any atom is -0.391 e. The maximum atomic E-state index is 12.2. The summed E-state index contributed by atoms with van der Waals surface area (Å²) in [7, 11) is 1.77. The lowest BCUT2D eigenvalue weighted by Gasteiger charge is -2.14. The summed E-state index contributed by atoms with van der Waals surface area (Å²) in [5.74, 6) is -0.0659. The summed E-state index contributed by atoms with van der Waals surface area (Å²) in [4.78, 5) is 12.2. The molecule has 1 aliphatic rings. The number of aliphatic hydroxyl groups is 1. The van der Waals surface area contributed by atoms with Crippen LogP contribution in [0.4, 0.5) is 0 Å². The average Bonchev–Trinajstić information content (AvgIpc) is 2.92. The number of hydrogen-bond acceptors (Lipinski definition) is 4. The lowest BCUT2D eigenvalue weighted by molar-refractivity contribution is 0.0918. The Kier molecular flexibility index (Phi) is 5.78. The zero-order valence-corrected chi connectivity index (χ0v) is 13.8. The van der Waals surface area contributed by atoms with Crippen molar-refractivity contribution >= 4 is 18.3 Å². The molecule has 1 aromatic rings. The largest absolute Gasteiger partial charge is 0.391 e. The summed E-state index contributed by atoms with van der Waals surface area (Å²) >= 11 is 0. The number of hydrogen-bond donors (Lipinski definition) is 3. The van der Waals surface area contributed by atoms with Crippen molar-refractivity contribution in [2.24, 2.45) is 13.0 Å². The van der Waals surface area contributed by atoms with Crippen molar-refractivity contribution in [2.75, 3.05) is 19.6 Å². The molecule has 3 N–H and O–H groups in total. The summed E-state index contributed by atoms with van der Waals surface area (Å²) in [6.45, 7) is 8.01. The second-order valence-corrected chi connectivity index (χ2v) is 6.48. The van der Waals surface area contributed by atoms with Crippen LogP contribution < -0.4 is 10.6 Å². The van der Waals surface area contributed by atoms with Crippen LogP contribution in [0.15, 0.2) is 6.07 Å². The Morgan fingerprint density at radius 2 is 2.19 bits per heavy atom. The van der Waals surface area contributed by atoms with Gasteiger partial charge in [-0.25, -0.2) is 0 Å². The summed E-state index contributed by atoms with van der Waals surface area (Å²) in [5, 5.41) is 20.1. The van der Waals surface area contributed by atoms with Crippen molar-refractivity contribution < 1.29 is 9.90 Å². The molecule has 21 heavy (non-hydrogen) atoms.